The van der Waals surface area contributed by atoms with E-state index >= 15 is 0 Å². The number of unbranched alkanes of at least 4 members (excludes halogenated alkanes) is 2. The molecule has 1 aromatic heterocycles. The van der Waals surface area contributed by atoms with Crippen LogP contribution in [0.25, 0.3) is 11.0 Å². The first-order chi connectivity index (χ1) is 16.0. The molecule has 0 spiro atoms. The number of nitrogens with one attached hydrogen (secondary N) is 1. The molecule has 3 aromatic rings. The number of imidazole rings is 1. The van der Waals surface area contributed by atoms with Gasteiger partial charge in [-0.3, -0.25) is 9.59 Å². The second-order valence-corrected chi connectivity index (χ2v) is 8.13. The molecule has 3 rings (SSSR count). The number of benzene rings is 2. The summed E-state index contributed by atoms with van der Waals surface area (Å²) in [7, 11) is 0. The van der Waals surface area contributed by atoms with Crippen molar-refractivity contribution in [1.82, 2.24) is 14.9 Å². The fraction of sp³-hybridized carbons (Fsp3) is 0.423. The molecule has 1 amide bonds. The number of rotatable bonds is 12. The first-order valence-electron chi connectivity index (χ1n) is 11.5. The van der Waals surface area contributed by atoms with Gasteiger partial charge in [-0.2, -0.15) is 0 Å². The molecular weight excluding hydrogens is 418 g/mol. The monoisotopic (exact) mass is 451 g/mol. The molecule has 0 unspecified atom stereocenters. The Morgan fingerprint density at radius 1 is 1.06 bits per heavy atom. The number of aromatic nitrogens is 2. The minimum atomic E-state index is -0.257. The van der Waals surface area contributed by atoms with Crippen LogP contribution in [0.2, 0.25) is 0 Å². The van der Waals surface area contributed by atoms with E-state index in [4.69, 9.17) is 14.5 Å². The molecule has 176 valence electrons. The number of carbonyl (C=O) groups is 2. The predicted molar refractivity (Wildman–Crippen MR) is 128 cm³/mol. The fourth-order valence-corrected chi connectivity index (χ4v) is 3.70. The minimum absolute atomic E-state index is 0.0160. The van der Waals surface area contributed by atoms with Crippen LogP contribution >= 0.6 is 0 Å². The normalized spacial score (nSPS) is 10.9. The maximum absolute atomic E-state index is 12.1. The highest BCUT2D eigenvalue weighted by Crippen LogP contribution is 2.19. The molecule has 0 saturated heterocycles. The number of carbonyl (C=O) groups excluding carboxylic acids is 2. The first kappa shape index (κ1) is 24.3. The Bertz CT molecular complexity index is 1090. The van der Waals surface area contributed by atoms with Gasteiger partial charge in [0.05, 0.1) is 17.6 Å². The smallest absolute Gasteiger partial charge is 0.326 e. The Hall–Kier alpha value is -3.35. The second-order valence-electron chi connectivity index (χ2n) is 8.13. The van der Waals surface area contributed by atoms with Crippen LogP contribution in [-0.4, -0.2) is 41.2 Å². The maximum atomic E-state index is 12.1. The number of hydrogen-bond acceptors (Lipinski definition) is 5. The molecule has 0 bridgehead atoms. The van der Waals surface area contributed by atoms with Crippen LogP contribution in [-0.2, 0) is 27.3 Å². The van der Waals surface area contributed by atoms with E-state index in [0.717, 1.165) is 59.4 Å². The highest BCUT2D eigenvalue weighted by molar-refractivity contribution is 5.79. The van der Waals surface area contributed by atoms with Gasteiger partial charge in [0, 0.05) is 13.0 Å². The first-order valence-corrected chi connectivity index (χ1v) is 11.5. The number of nitrogens with zero attached hydrogens (tertiary/aromatic N) is 2. The quantitative estimate of drug-likeness (QED) is 0.331. The van der Waals surface area contributed by atoms with Crippen LogP contribution in [0.4, 0.5) is 0 Å². The zero-order chi connectivity index (χ0) is 23.6. The lowest BCUT2D eigenvalue weighted by Gasteiger charge is -2.10. The third-order valence-corrected chi connectivity index (χ3v) is 5.43. The number of ether oxygens (including phenoxy) is 2. The van der Waals surface area contributed by atoms with Gasteiger partial charge in [0.25, 0.3) is 5.91 Å². The zero-order valence-corrected chi connectivity index (χ0v) is 19.7. The second kappa shape index (κ2) is 12.0. The Kier molecular flexibility index (Phi) is 8.87. The summed E-state index contributed by atoms with van der Waals surface area (Å²) >= 11 is 0. The van der Waals surface area contributed by atoms with E-state index in [0.29, 0.717) is 13.2 Å². The van der Waals surface area contributed by atoms with Crippen molar-refractivity contribution in [2.75, 3.05) is 19.8 Å². The van der Waals surface area contributed by atoms with Crippen molar-refractivity contribution in [3.05, 3.63) is 59.4 Å². The minimum Gasteiger partial charge on any atom is -0.483 e. The largest absolute Gasteiger partial charge is 0.483 e. The maximum Gasteiger partial charge on any atom is 0.326 e. The van der Waals surface area contributed by atoms with E-state index in [9.17, 15) is 9.59 Å². The van der Waals surface area contributed by atoms with Gasteiger partial charge in [-0.25, -0.2) is 4.98 Å². The molecule has 7 nitrogen and oxygen atoms in total. The van der Waals surface area contributed by atoms with E-state index in [1.807, 2.05) is 60.9 Å². The Labute approximate surface area is 195 Å². The van der Waals surface area contributed by atoms with Gasteiger partial charge in [-0.1, -0.05) is 30.7 Å². The Morgan fingerprint density at radius 3 is 2.70 bits per heavy atom. The average Bonchev–Trinajstić information content (AvgIpc) is 3.14. The summed E-state index contributed by atoms with van der Waals surface area (Å²) in [5.74, 6) is 1.26. The number of esters is 1. The molecule has 0 aliphatic carbocycles. The van der Waals surface area contributed by atoms with Crippen molar-refractivity contribution >= 4 is 22.9 Å². The summed E-state index contributed by atoms with van der Waals surface area (Å²) in [5, 5.41) is 2.91. The van der Waals surface area contributed by atoms with E-state index in [-0.39, 0.29) is 25.0 Å². The van der Waals surface area contributed by atoms with Gasteiger partial charge in [0.2, 0.25) is 0 Å². The van der Waals surface area contributed by atoms with Gasteiger partial charge in [-0.15, -0.1) is 0 Å². The molecular formula is C26H33N3O4. The topological polar surface area (TPSA) is 82.5 Å². The molecule has 0 atom stereocenters. The lowest BCUT2D eigenvalue weighted by Crippen LogP contribution is -2.29. The molecule has 0 radical (unpaired) electrons. The summed E-state index contributed by atoms with van der Waals surface area (Å²) in [6, 6.07) is 13.8. The summed E-state index contributed by atoms with van der Waals surface area (Å²) in [6.45, 7) is 6.92. The number of hydrogen-bond donors (Lipinski definition) is 1. The number of aryl methyl sites for hydroxylation is 3. The fourth-order valence-electron chi connectivity index (χ4n) is 3.70. The highest BCUT2D eigenvalue weighted by Gasteiger charge is 2.14. The van der Waals surface area contributed by atoms with E-state index in [1.165, 1.54) is 0 Å². The third kappa shape index (κ3) is 7.07. The van der Waals surface area contributed by atoms with E-state index in [2.05, 4.69) is 5.32 Å². The number of amides is 1. The third-order valence-electron chi connectivity index (χ3n) is 5.43. The van der Waals surface area contributed by atoms with Gasteiger partial charge >= 0.3 is 5.97 Å². The molecule has 33 heavy (non-hydrogen) atoms. The van der Waals surface area contributed by atoms with E-state index < -0.39 is 0 Å². The van der Waals surface area contributed by atoms with Gasteiger partial charge in [-0.05, 0) is 62.9 Å². The van der Waals surface area contributed by atoms with E-state index in [1.54, 1.807) is 6.92 Å². The van der Waals surface area contributed by atoms with Crippen LogP contribution in [0.5, 0.6) is 5.75 Å². The number of fused-ring (bicyclic) bond motifs is 1. The van der Waals surface area contributed by atoms with Crippen molar-refractivity contribution in [3.63, 3.8) is 0 Å². The predicted octanol–water partition coefficient (Wildman–Crippen LogP) is 4.12. The molecule has 0 saturated carbocycles. The van der Waals surface area contributed by atoms with Gasteiger partial charge in [0.15, 0.2) is 6.61 Å². The SMILES string of the molecule is CCOC(=O)Cn1c(CCCCCNC(=O)COc2cc(C)ccc2C)nc2ccccc21. The summed E-state index contributed by atoms with van der Waals surface area (Å²) in [4.78, 5) is 28.8. The van der Waals surface area contributed by atoms with Crippen molar-refractivity contribution in [2.24, 2.45) is 0 Å². The molecule has 1 heterocycles. The zero-order valence-electron chi connectivity index (χ0n) is 19.7. The van der Waals surface area contributed by atoms with Crippen LogP contribution in [0.15, 0.2) is 42.5 Å². The van der Waals surface area contributed by atoms with Gasteiger partial charge < -0.3 is 19.4 Å². The summed E-state index contributed by atoms with van der Waals surface area (Å²) in [6.07, 6.45) is 3.49. The van der Waals surface area contributed by atoms with Crippen molar-refractivity contribution in [2.45, 2.75) is 53.0 Å². The number of para-hydroxylation sites is 2. The molecule has 0 aliphatic rings. The van der Waals surface area contributed by atoms with Crippen molar-refractivity contribution in [1.29, 1.82) is 0 Å². The summed E-state index contributed by atoms with van der Waals surface area (Å²) in [5.41, 5.74) is 3.94. The van der Waals surface area contributed by atoms with Crippen molar-refractivity contribution in [3.8, 4) is 5.75 Å². The standard InChI is InChI=1S/C26H33N3O4/c1-4-32-26(31)17-29-22-11-8-7-10-21(22)28-24(29)12-6-5-9-15-27-25(30)18-33-23-16-19(2)13-14-20(23)3/h7-8,10-11,13-14,16H,4-6,9,12,15,17-18H2,1-3H3,(H,27,30). The summed E-state index contributed by atoms with van der Waals surface area (Å²) < 4.78 is 12.7. The van der Waals surface area contributed by atoms with Gasteiger partial charge in [0.1, 0.15) is 18.1 Å². The van der Waals surface area contributed by atoms with Crippen LogP contribution in [0.3, 0.4) is 0 Å². The molecule has 7 heteroatoms. The van der Waals surface area contributed by atoms with Crippen molar-refractivity contribution < 1.29 is 19.1 Å². The molecule has 0 aliphatic heterocycles. The molecule has 1 N–H and O–H groups in total. The Morgan fingerprint density at radius 2 is 1.88 bits per heavy atom. The lowest BCUT2D eigenvalue weighted by atomic mass is 10.1. The van der Waals surface area contributed by atoms with Crippen LogP contribution in [0.1, 0.15) is 43.1 Å². The Balaban J connectivity index is 1.41. The average molecular weight is 452 g/mol. The molecule has 0 fully saturated rings. The molecule has 2 aromatic carbocycles. The lowest BCUT2D eigenvalue weighted by molar-refractivity contribution is -0.143. The van der Waals surface area contributed by atoms with Crippen LogP contribution < -0.4 is 10.1 Å². The van der Waals surface area contributed by atoms with Crippen LogP contribution in [0, 0.1) is 13.8 Å². The highest BCUT2D eigenvalue weighted by atomic mass is 16.5.